The molecule has 0 saturated heterocycles. The molecule has 1 heterocycles. The zero-order valence-corrected chi connectivity index (χ0v) is 11.7. The molecule has 3 nitrogen and oxygen atoms in total. The SMILES string of the molecule is CCCNc1cncc(NCc2ccccc2Cl)c1. The molecular weight excluding hydrogens is 258 g/mol. The topological polar surface area (TPSA) is 37.0 Å². The highest BCUT2D eigenvalue weighted by atomic mass is 35.5. The highest BCUT2D eigenvalue weighted by molar-refractivity contribution is 6.31. The van der Waals surface area contributed by atoms with Crippen LogP contribution in [0.3, 0.4) is 0 Å². The van der Waals surface area contributed by atoms with E-state index in [2.05, 4.69) is 28.6 Å². The minimum Gasteiger partial charge on any atom is -0.384 e. The molecule has 0 amide bonds. The second-order valence-corrected chi connectivity index (χ2v) is 4.74. The quantitative estimate of drug-likeness (QED) is 0.831. The van der Waals surface area contributed by atoms with Gasteiger partial charge in [0.2, 0.25) is 0 Å². The van der Waals surface area contributed by atoms with Crippen LogP contribution in [0.5, 0.6) is 0 Å². The van der Waals surface area contributed by atoms with Gasteiger partial charge < -0.3 is 10.6 Å². The molecule has 1 aromatic carbocycles. The molecule has 100 valence electrons. The van der Waals surface area contributed by atoms with Crippen LogP contribution in [0.2, 0.25) is 5.02 Å². The van der Waals surface area contributed by atoms with Crippen molar-refractivity contribution in [2.45, 2.75) is 19.9 Å². The Kier molecular flexibility index (Phi) is 5.04. The van der Waals surface area contributed by atoms with Gasteiger partial charge in [0.1, 0.15) is 0 Å². The third-order valence-corrected chi connectivity index (χ3v) is 3.13. The number of nitrogens with one attached hydrogen (secondary N) is 2. The van der Waals surface area contributed by atoms with E-state index in [4.69, 9.17) is 11.6 Å². The maximum atomic E-state index is 6.12. The Hall–Kier alpha value is -1.74. The molecule has 0 atom stereocenters. The molecule has 4 heteroatoms. The summed E-state index contributed by atoms with van der Waals surface area (Å²) in [5.74, 6) is 0. The lowest BCUT2D eigenvalue weighted by Crippen LogP contribution is -2.03. The van der Waals surface area contributed by atoms with Gasteiger partial charge >= 0.3 is 0 Å². The van der Waals surface area contributed by atoms with Crippen molar-refractivity contribution < 1.29 is 0 Å². The number of hydrogen-bond acceptors (Lipinski definition) is 3. The number of benzene rings is 1. The lowest BCUT2D eigenvalue weighted by molar-refractivity contribution is 0.977. The summed E-state index contributed by atoms with van der Waals surface area (Å²) in [4.78, 5) is 4.21. The highest BCUT2D eigenvalue weighted by Crippen LogP contribution is 2.18. The van der Waals surface area contributed by atoms with Gasteiger partial charge in [0, 0.05) is 18.1 Å². The number of pyridine rings is 1. The van der Waals surface area contributed by atoms with Crippen LogP contribution in [0.25, 0.3) is 0 Å². The van der Waals surface area contributed by atoms with Crippen molar-refractivity contribution in [1.82, 2.24) is 4.98 Å². The molecule has 2 rings (SSSR count). The first-order valence-electron chi connectivity index (χ1n) is 6.46. The van der Waals surface area contributed by atoms with Crippen molar-refractivity contribution in [2.75, 3.05) is 17.2 Å². The van der Waals surface area contributed by atoms with Crippen LogP contribution in [0.1, 0.15) is 18.9 Å². The second kappa shape index (κ2) is 7.00. The number of hydrogen-bond donors (Lipinski definition) is 2. The molecule has 2 aromatic rings. The van der Waals surface area contributed by atoms with Gasteiger partial charge in [0.05, 0.1) is 23.8 Å². The number of aromatic nitrogens is 1. The fraction of sp³-hybridized carbons (Fsp3) is 0.267. The molecule has 0 fully saturated rings. The molecule has 0 aliphatic heterocycles. The average molecular weight is 276 g/mol. The Bertz CT molecular complexity index is 528. The Morgan fingerprint density at radius 1 is 1.11 bits per heavy atom. The fourth-order valence-electron chi connectivity index (χ4n) is 1.74. The fourth-order valence-corrected chi connectivity index (χ4v) is 1.94. The molecule has 0 spiro atoms. The molecular formula is C15H18ClN3. The summed E-state index contributed by atoms with van der Waals surface area (Å²) in [5.41, 5.74) is 3.10. The molecule has 0 aliphatic rings. The van der Waals surface area contributed by atoms with Gasteiger partial charge in [-0.3, -0.25) is 4.98 Å². The van der Waals surface area contributed by atoms with Crippen LogP contribution in [0, 0.1) is 0 Å². The maximum absolute atomic E-state index is 6.12. The van der Waals surface area contributed by atoms with Gasteiger partial charge in [-0.25, -0.2) is 0 Å². The minimum absolute atomic E-state index is 0.693. The molecule has 0 aliphatic carbocycles. The van der Waals surface area contributed by atoms with Crippen LogP contribution < -0.4 is 10.6 Å². The van der Waals surface area contributed by atoms with E-state index in [-0.39, 0.29) is 0 Å². The second-order valence-electron chi connectivity index (χ2n) is 4.33. The van der Waals surface area contributed by atoms with Gasteiger partial charge in [0.15, 0.2) is 0 Å². The summed E-state index contributed by atoms with van der Waals surface area (Å²) in [6.45, 7) is 3.79. The van der Waals surface area contributed by atoms with Gasteiger partial charge in [-0.2, -0.15) is 0 Å². The minimum atomic E-state index is 0.693. The Morgan fingerprint density at radius 3 is 2.58 bits per heavy atom. The zero-order valence-electron chi connectivity index (χ0n) is 11.0. The summed E-state index contributed by atoms with van der Waals surface area (Å²) in [7, 11) is 0. The first-order valence-corrected chi connectivity index (χ1v) is 6.83. The summed E-state index contributed by atoms with van der Waals surface area (Å²) < 4.78 is 0. The lowest BCUT2D eigenvalue weighted by atomic mass is 10.2. The van der Waals surface area contributed by atoms with Crippen LogP contribution in [0.15, 0.2) is 42.7 Å². The summed E-state index contributed by atoms with van der Waals surface area (Å²) in [6, 6.07) is 9.89. The Labute approximate surface area is 119 Å². The molecule has 0 saturated carbocycles. The third-order valence-electron chi connectivity index (χ3n) is 2.76. The van der Waals surface area contributed by atoms with Crippen molar-refractivity contribution >= 4 is 23.0 Å². The standard InChI is InChI=1S/C15H18ClN3/c1-2-7-18-13-8-14(11-17-10-13)19-9-12-5-3-4-6-15(12)16/h3-6,8,10-11,18-19H,2,7,9H2,1H3. The van der Waals surface area contributed by atoms with Crippen molar-refractivity contribution in [2.24, 2.45) is 0 Å². The van der Waals surface area contributed by atoms with Gasteiger partial charge in [0.25, 0.3) is 0 Å². The number of halogens is 1. The van der Waals surface area contributed by atoms with Crippen LogP contribution in [-0.4, -0.2) is 11.5 Å². The third kappa shape index (κ3) is 4.14. The van der Waals surface area contributed by atoms with Gasteiger partial charge in [-0.15, -0.1) is 0 Å². The number of rotatable bonds is 6. The predicted molar refractivity (Wildman–Crippen MR) is 81.8 cm³/mol. The van der Waals surface area contributed by atoms with E-state index in [0.717, 1.165) is 34.9 Å². The van der Waals surface area contributed by atoms with E-state index in [1.165, 1.54) is 0 Å². The van der Waals surface area contributed by atoms with Crippen LogP contribution in [-0.2, 0) is 6.54 Å². The van der Waals surface area contributed by atoms with Crippen LogP contribution >= 0.6 is 11.6 Å². The number of nitrogens with zero attached hydrogens (tertiary/aromatic N) is 1. The van der Waals surface area contributed by atoms with Crippen molar-refractivity contribution in [1.29, 1.82) is 0 Å². The summed E-state index contributed by atoms with van der Waals surface area (Å²) in [6.07, 6.45) is 4.74. The van der Waals surface area contributed by atoms with E-state index in [1.54, 1.807) is 0 Å². The summed E-state index contributed by atoms with van der Waals surface area (Å²) in [5, 5.41) is 7.43. The molecule has 0 radical (unpaired) electrons. The normalized spacial score (nSPS) is 10.2. The smallest absolute Gasteiger partial charge is 0.0550 e. The van der Waals surface area contributed by atoms with Crippen LogP contribution in [0.4, 0.5) is 11.4 Å². The zero-order chi connectivity index (χ0) is 13.5. The average Bonchev–Trinajstić information content (AvgIpc) is 2.45. The van der Waals surface area contributed by atoms with Gasteiger partial charge in [-0.05, 0) is 24.1 Å². The van der Waals surface area contributed by atoms with Gasteiger partial charge in [-0.1, -0.05) is 36.7 Å². The largest absolute Gasteiger partial charge is 0.384 e. The maximum Gasteiger partial charge on any atom is 0.0550 e. The molecule has 19 heavy (non-hydrogen) atoms. The predicted octanol–water partition coefficient (Wildman–Crippen LogP) is 4.17. The first-order chi connectivity index (χ1) is 9.29. The monoisotopic (exact) mass is 275 g/mol. The highest BCUT2D eigenvalue weighted by Gasteiger charge is 2.00. The van der Waals surface area contributed by atoms with E-state index in [0.29, 0.717) is 6.54 Å². The summed E-state index contributed by atoms with van der Waals surface area (Å²) >= 11 is 6.12. The number of anilines is 2. The van der Waals surface area contributed by atoms with E-state index >= 15 is 0 Å². The molecule has 0 unspecified atom stereocenters. The van der Waals surface area contributed by atoms with Crippen molar-refractivity contribution in [3.05, 3.63) is 53.3 Å². The Balaban J connectivity index is 1.98. The van der Waals surface area contributed by atoms with E-state index < -0.39 is 0 Å². The Morgan fingerprint density at radius 2 is 1.84 bits per heavy atom. The molecule has 2 N–H and O–H groups in total. The van der Waals surface area contributed by atoms with Crippen molar-refractivity contribution in [3.63, 3.8) is 0 Å². The molecule has 1 aromatic heterocycles. The van der Waals surface area contributed by atoms with Crippen molar-refractivity contribution in [3.8, 4) is 0 Å². The lowest BCUT2D eigenvalue weighted by Gasteiger charge is -2.10. The van der Waals surface area contributed by atoms with E-state index in [1.807, 2.05) is 36.7 Å². The molecule has 0 bridgehead atoms. The first kappa shape index (κ1) is 13.7. The van der Waals surface area contributed by atoms with E-state index in [9.17, 15) is 0 Å².